The van der Waals surface area contributed by atoms with E-state index in [-0.39, 0.29) is 5.41 Å². The molecule has 1 aliphatic rings. The Hall–Kier alpha value is -1.93. The van der Waals surface area contributed by atoms with Gasteiger partial charge in [-0.15, -0.1) is 0 Å². The molecular weight excluding hydrogens is 282 g/mol. The van der Waals surface area contributed by atoms with Gasteiger partial charge in [0.05, 0.1) is 0 Å². The van der Waals surface area contributed by atoms with Crippen LogP contribution in [0.4, 0.5) is 0 Å². The van der Waals surface area contributed by atoms with Crippen LogP contribution in [-0.4, -0.2) is 18.9 Å². The molecule has 2 nitrogen and oxygen atoms in total. The average molecular weight is 307 g/mol. The highest BCUT2D eigenvalue weighted by atomic mass is 16.1. The van der Waals surface area contributed by atoms with Gasteiger partial charge >= 0.3 is 0 Å². The summed E-state index contributed by atoms with van der Waals surface area (Å²) in [6, 6.07) is 22.2. The van der Waals surface area contributed by atoms with E-state index in [4.69, 9.17) is 0 Å². The van der Waals surface area contributed by atoms with Crippen LogP contribution in [0.5, 0.6) is 0 Å². The summed E-state index contributed by atoms with van der Waals surface area (Å²) >= 11 is 0. The van der Waals surface area contributed by atoms with Gasteiger partial charge in [0.25, 0.3) is 0 Å². The first-order valence-electron chi connectivity index (χ1n) is 8.66. The predicted molar refractivity (Wildman–Crippen MR) is 94.6 cm³/mol. The fourth-order valence-corrected chi connectivity index (χ4v) is 4.05. The molecule has 1 fully saturated rings. The molecule has 1 atom stereocenters. The SMILES string of the molecule is O=CCCCCC1NCCC1(c1ccccc1)c1ccccc1. The first-order valence-corrected chi connectivity index (χ1v) is 8.66. The quantitative estimate of drug-likeness (QED) is 0.616. The zero-order valence-electron chi connectivity index (χ0n) is 13.6. The Balaban J connectivity index is 1.93. The number of carbonyl (C=O) groups is 1. The molecule has 23 heavy (non-hydrogen) atoms. The van der Waals surface area contributed by atoms with Gasteiger partial charge in [-0.3, -0.25) is 0 Å². The number of hydrogen-bond donors (Lipinski definition) is 1. The van der Waals surface area contributed by atoms with Crippen LogP contribution in [0.1, 0.15) is 43.2 Å². The number of carbonyl (C=O) groups excluding carboxylic acids is 1. The van der Waals surface area contributed by atoms with Crippen molar-refractivity contribution < 1.29 is 4.79 Å². The minimum atomic E-state index is 0.0453. The largest absolute Gasteiger partial charge is 0.313 e. The van der Waals surface area contributed by atoms with Crippen molar-refractivity contribution in [3.05, 3.63) is 71.8 Å². The molecule has 0 radical (unpaired) electrons. The fourth-order valence-electron chi connectivity index (χ4n) is 4.05. The summed E-state index contributed by atoms with van der Waals surface area (Å²) in [6.45, 7) is 1.04. The van der Waals surface area contributed by atoms with Crippen molar-refractivity contribution in [3.63, 3.8) is 0 Å². The molecule has 1 unspecified atom stereocenters. The van der Waals surface area contributed by atoms with E-state index in [0.29, 0.717) is 12.5 Å². The van der Waals surface area contributed by atoms with E-state index >= 15 is 0 Å². The minimum absolute atomic E-state index is 0.0453. The third-order valence-corrected chi connectivity index (χ3v) is 5.15. The van der Waals surface area contributed by atoms with Gasteiger partial charge in [0.15, 0.2) is 0 Å². The van der Waals surface area contributed by atoms with E-state index in [0.717, 1.165) is 38.5 Å². The number of nitrogens with one attached hydrogen (secondary N) is 1. The zero-order valence-corrected chi connectivity index (χ0v) is 13.6. The maximum absolute atomic E-state index is 10.6. The molecule has 0 spiro atoms. The standard InChI is InChI=1S/C21H25NO/c23-17-9-3-8-14-20-21(15-16-22-20,18-10-4-1-5-11-18)19-12-6-2-7-13-19/h1-2,4-7,10-13,17,20,22H,3,8-9,14-16H2. The van der Waals surface area contributed by atoms with Crippen molar-refractivity contribution in [3.8, 4) is 0 Å². The molecule has 0 amide bonds. The molecule has 0 aromatic heterocycles. The lowest BCUT2D eigenvalue weighted by atomic mass is 9.68. The van der Waals surface area contributed by atoms with Gasteiger partial charge in [0.2, 0.25) is 0 Å². The molecule has 120 valence electrons. The lowest BCUT2D eigenvalue weighted by Gasteiger charge is -2.36. The topological polar surface area (TPSA) is 29.1 Å². The summed E-state index contributed by atoms with van der Waals surface area (Å²) in [5.74, 6) is 0. The highest BCUT2D eigenvalue weighted by Crippen LogP contribution is 2.43. The van der Waals surface area contributed by atoms with E-state index in [1.165, 1.54) is 11.1 Å². The van der Waals surface area contributed by atoms with Gasteiger partial charge in [-0.2, -0.15) is 0 Å². The van der Waals surface area contributed by atoms with Crippen molar-refractivity contribution in [2.24, 2.45) is 0 Å². The average Bonchev–Trinajstić information content (AvgIpc) is 3.05. The Kier molecular flexibility index (Phi) is 5.24. The predicted octanol–water partition coefficient (Wildman–Crippen LogP) is 4.09. The van der Waals surface area contributed by atoms with E-state index in [1.807, 2.05) is 0 Å². The zero-order chi connectivity index (χ0) is 16.0. The maximum atomic E-state index is 10.6. The first-order chi connectivity index (χ1) is 11.4. The van der Waals surface area contributed by atoms with Crippen molar-refractivity contribution in [1.82, 2.24) is 5.32 Å². The molecule has 2 aromatic rings. The minimum Gasteiger partial charge on any atom is -0.313 e. The van der Waals surface area contributed by atoms with Crippen molar-refractivity contribution in [2.45, 2.75) is 43.6 Å². The van der Waals surface area contributed by atoms with Crippen LogP contribution >= 0.6 is 0 Å². The van der Waals surface area contributed by atoms with Crippen molar-refractivity contribution in [1.29, 1.82) is 0 Å². The second kappa shape index (κ2) is 7.56. The Morgan fingerprint density at radius 2 is 1.57 bits per heavy atom. The smallest absolute Gasteiger partial charge is 0.119 e. The van der Waals surface area contributed by atoms with Crippen LogP contribution in [0.2, 0.25) is 0 Å². The van der Waals surface area contributed by atoms with Crippen molar-refractivity contribution >= 4 is 6.29 Å². The summed E-state index contributed by atoms with van der Waals surface area (Å²) < 4.78 is 0. The normalized spacial score (nSPS) is 19.6. The third kappa shape index (κ3) is 3.23. The number of hydrogen-bond acceptors (Lipinski definition) is 2. The van der Waals surface area contributed by atoms with Crippen molar-refractivity contribution in [2.75, 3.05) is 6.54 Å². The van der Waals surface area contributed by atoms with Crippen LogP contribution < -0.4 is 5.32 Å². The van der Waals surface area contributed by atoms with Crippen LogP contribution in [-0.2, 0) is 10.2 Å². The Morgan fingerprint density at radius 3 is 2.13 bits per heavy atom. The van der Waals surface area contributed by atoms with E-state index < -0.39 is 0 Å². The fraction of sp³-hybridized carbons (Fsp3) is 0.381. The van der Waals surface area contributed by atoms with E-state index in [1.54, 1.807) is 0 Å². The summed E-state index contributed by atoms with van der Waals surface area (Å²) in [7, 11) is 0. The molecule has 3 rings (SSSR count). The van der Waals surface area contributed by atoms with Crippen LogP contribution in [0.15, 0.2) is 60.7 Å². The Morgan fingerprint density at radius 1 is 0.957 bits per heavy atom. The van der Waals surface area contributed by atoms with Gasteiger partial charge in [-0.25, -0.2) is 0 Å². The van der Waals surface area contributed by atoms with Gasteiger partial charge in [-0.05, 0) is 36.9 Å². The van der Waals surface area contributed by atoms with E-state index in [9.17, 15) is 4.79 Å². The molecular formula is C21H25NO. The molecule has 2 heteroatoms. The third-order valence-electron chi connectivity index (χ3n) is 5.15. The summed E-state index contributed by atoms with van der Waals surface area (Å²) in [5, 5.41) is 3.73. The van der Waals surface area contributed by atoms with Gasteiger partial charge in [-0.1, -0.05) is 67.1 Å². The summed E-state index contributed by atoms with van der Waals surface area (Å²) in [5.41, 5.74) is 2.84. The molecule has 2 aromatic carbocycles. The molecule has 0 saturated carbocycles. The van der Waals surface area contributed by atoms with Crippen LogP contribution in [0, 0.1) is 0 Å². The van der Waals surface area contributed by atoms with Gasteiger partial charge < -0.3 is 10.1 Å². The van der Waals surface area contributed by atoms with Crippen LogP contribution in [0.3, 0.4) is 0 Å². The molecule has 1 aliphatic heterocycles. The number of rotatable bonds is 7. The lowest BCUT2D eigenvalue weighted by molar-refractivity contribution is -0.107. The Bertz CT molecular complexity index is 569. The van der Waals surface area contributed by atoms with Crippen LogP contribution in [0.25, 0.3) is 0 Å². The monoisotopic (exact) mass is 307 g/mol. The maximum Gasteiger partial charge on any atom is 0.119 e. The molecule has 0 aliphatic carbocycles. The number of aldehydes is 1. The van der Waals surface area contributed by atoms with Gasteiger partial charge in [0, 0.05) is 17.9 Å². The summed E-state index contributed by atoms with van der Waals surface area (Å²) in [6.07, 6.45) is 6.02. The molecule has 1 heterocycles. The Labute approximate surface area is 138 Å². The molecule has 1 saturated heterocycles. The highest BCUT2D eigenvalue weighted by molar-refractivity contribution is 5.49. The number of unbranched alkanes of at least 4 members (excludes halogenated alkanes) is 2. The lowest BCUT2D eigenvalue weighted by Crippen LogP contribution is -2.41. The summed E-state index contributed by atoms with van der Waals surface area (Å²) in [4.78, 5) is 10.6. The van der Waals surface area contributed by atoms with Gasteiger partial charge in [0.1, 0.15) is 6.29 Å². The molecule has 0 bridgehead atoms. The molecule has 1 N–H and O–H groups in total. The first kappa shape index (κ1) is 15.9. The number of benzene rings is 2. The second-order valence-corrected chi connectivity index (χ2v) is 6.41. The highest BCUT2D eigenvalue weighted by Gasteiger charge is 2.44. The second-order valence-electron chi connectivity index (χ2n) is 6.41. The van der Waals surface area contributed by atoms with E-state index in [2.05, 4.69) is 66.0 Å².